The Morgan fingerprint density at radius 2 is 2.00 bits per heavy atom. The molecular weight excluding hydrogens is 162 g/mol. The standard InChI is InChI=1S/C11H17NO/c1-5-8-6-7-9(12-8)10(13)11(2,3)4/h6-7,12H,5H2,1-4H3. The van der Waals surface area contributed by atoms with Gasteiger partial charge in [-0.1, -0.05) is 27.7 Å². The van der Waals surface area contributed by atoms with E-state index in [0.29, 0.717) is 0 Å². The summed E-state index contributed by atoms with van der Waals surface area (Å²) in [6.45, 7) is 7.86. The lowest BCUT2D eigenvalue weighted by Crippen LogP contribution is -2.20. The van der Waals surface area contributed by atoms with Gasteiger partial charge in [0.15, 0.2) is 5.78 Å². The zero-order chi connectivity index (χ0) is 10.1. The summed E-state index contributed by atoms with van der Waals surface area (Å²) in [6, 6.07) is 3.84. The molecule has 72 valence electrons. The first-order valence-corrected chi connectivity index (χ1v) is 4.68. The predicted octanol–water partition coefficient (Wildman–Crippen LogP) is 2.81. The molecule has 0 aromatic carbocycles. The van der Waals surface area contributed by atoms with E-state index in [1.165, 1.54) is 0 Å². The first-order valence-electron chi connectivity index (χ1n) is 4.68. The van der Waals surface area contributed by atoms with Crippen LogP contribution in [0, 0.1) is 5.41 Å². The molecule has 0 aliphatic rings. The topological polar surface area (TPSA) is 32.9 Å². The van der Waals surface area contributed by atoms with Crippen molar-refractivity contribution in [1.82, 2.24) is 4.98 Å². The molecular formula is C11H17NO. The number of hydrogen-bond donors (Lipinski definition) is 1. The van der Waals surface area contributed by atoms with Crippen LogP contribution < -0.4 is 0 Å². The summed E-state index contributed by atoms with van der Waals surface area (Å²) in [6.07, 6.45) is 0.942. The van der Waals surface area contributed by atoms with Gasteiger partial charge in [0.05, 0.1) is 5.69 Å². The first-order chi connectivity index (χ1) is 5.95. The third kappa shape index (κ3) is 2.20. The first kappa shape index (κ1) is 10.0. The molecule has 0 atom stereocenters. The fourth-order valence-electron chi connectivity index (χ4n) is 1.18. The van der Waals surface area contributed by atoms with Crippen LogP contribution >= 0.6 is 0 Å². The molecule has 0 aliphatic carbocycles. The summed E-state index contributed by atoms with van der Waals surface area (Å²) >= 11 is 0. The van der Waals surface area contributed by atoms with E-state index in [4.69, 9.17) is 0 Å². The maximum Gasteiger partial charge on any atom is 0.184 e. The molecule has 0 saturated heterocycles. The van der Waals surface area contributed by atoms with Gasteiger partial charge in [-0.2, -0.15) is 0 Å². The van der Waals surface area contributed by atoms with Crippen molar-refractivity contribution in [2.45, 2.75) is 34.1 Å². The van der Waals surface area contributed by atoms with Gasteiger partial charge in [0.25, 0.3) is 0 Å². The number of aromatic amines is 1. The van der Waals surface area contributed by atoms with Crippen LogP contribution in [0.15, 0.2) is 12.1 Å². The van der Waals surface area contributed by atoms with Crippen molar-refractivity contribution in [1.29, 1.82) is 0 Å². The molecule has 1 aromatic rings. The highest BCUT2D eigenvalue weighted by molar-refractivity contribution is 5.98. The number of hydrogen-bond acceptors (Lipinski definition) is 1. The summed E-state index contributed by atoms with van der Waals surface area (Å²) in [5.74, 6) is 0.173. The number of carbonyl (C=O) groups is 1. The lowest BCUT2D eigenvalue weighted by atomic mass is 9.89. The van der Waals surface area contributed by atoms with E-state index < -0.39 is 0 Å². The van der Waals surface area contributed by atoms with Crippen molar-refractivity contribution in [2.75, 3.05) is 0 Å². The number of rotatable bonds is 2. The molecule has 1 heterocycles. The van der Waals surface area contributed by atoms with Crippen molar-refractivity contribution in [3.63, 3.8) is 0 Å². The van der Waals surface area contributed by atoms with E-state index in [2.05, 4.69) is 11.9 Å². The van der Waals surface area contributed by atoms with Gasteiger partial charge in [-0.15, -0.1) is 0 Å². The number of Topliss-reactive ketones (excluding diaryl/α,β-unsaturated/α-hetero) is 1. The Balaban J connectivity index is 2.90. The van der Waals surface area contributed by atoms with Crippen LogP contribution in [0.25, 0.3) is 0 Å². The van der Waals surface area contributed by atoms with Crippen LogP contribution in [-0.2, 0) is 6.42 Å². The molecule has 0 saturated carbocycles. The molecule has 0 spiro atoms. The monoisotopic (exact) mass is 179 g/mol. The van der Waals surface area contributed by atoms with E-state index >= 15 is 0 Å². The van der Waals surface area contributed by atoms with E-state index in [0.717, 1.165) is 17.8 Å². The fraction of sp³-hybridized carbons (Fsp3) is 0.545. The average Bonchev–Trinajstić information content (AvgIpc) is 2.48. The van der Waals surface area contributed by atoms with E-state index in [1.54, 1.807) is 0 Å². The molecule has 0 radical (unpaired) electrons. The van der Waals surface area contributed by atoms with Crippen molar-refractivity contribution in [3.8, 4) is 0 Å². The van der Waals surface area contributed by atoms with Gasteiger partial charge in [0, 0.05) is 11.1 Å². The SMILES string of the molecule is CCc1ccc(C(=O)C(C)(C)C)[nH]1. The Kier molecular flexibility index (Phi) is 2.60. The molecule has 13 heavy (non-hydrogen) atoms. The molecule has 1 rings (SSSR count). The highest BCUT2D eigenvalue weighted by Crippen LogP contribution is 2.20. The zero-order valence-electron chi connectivity index (χ0n) is 8.77. The number of aromatic nitrogens is 1. The van der Waals surface area contributed by atoms with Crippen LogP contribution in [0.5, 0.6) is 0 Å². The number of H-pyrrole nitrogens is 1. The second kappa shape index (κ2) is 3.36. The van der Waals surface area contributed by atoms with Crippen LogP contribution in [0.3, 0.4) is 0 Å². The number of ketones is 1. The lowest BCUT2D eigenvalue weighted by Gasteiger charge is -2.14. The number of nitrogens with one attached hydrogen (secondary N) is 1. The molecule has 0 unspecified atom stereocenters. The van der Waals surface area contributed by atoms with Gasteiger partial charge in [-0.3, -0.25) is 4.79 Å². The third-order valence-corrected chi connectivity index (χ3v) is 2.05. The highest BCUT2D eigenvalue weighted by atomic mass is 16.1. The fourth-order valence-corrected chi connectivity index (χ4v) is 1.18. The van der Waals surface area contributed by atoms with Crippen molar-refractivity contribution in [3.05, 3.63) is 23.5 Å². The van der Waals surface area contributed by atoms with Gasteiger partial charge in [-0.25, -0.2) is 0 Å². The summed E-state index contributed by atoms with van der Waals surface area (Å²) in [4.78, 5) is 14.9. The summed E-state index contributed by atoms with van der Waals surface area (Å²) in [5, 5.41) is 0. The minimum Gasteiger partial charge on any atom is -0.356 e. The van der Waals surface area contributed by atoms with Crippen LogP contribution in [0.2, 0.25) is 0 Å². The van der Waals surface area contributed by atoms with E-state index in [-0.39, 0.29) is 11.2 Å². The molecule has 0 aliphatic heterocycles. The van der Waals surface area contributed by atoms with Crippen molar-refractivity contribution >= 4 is 5.78 Å². The largest absolute Gasteiger partial charge is 0.356 e. The lowest BCUT2D eigenvalue weighted by molar-refractivity contribution is 0.0853. The zero-order valence-corrected chi connectivity index (χ0v) is 8.77. The van der Waals surface area contributed by atoms with E-state index in [9.17, 15) is 4.79 Å². The smallest absolute Gasteiger partial charge is 0.184 e. The van der Waals surface area contributed by atoms with Gasteiger partial charge >= 0.3 is 0 Å². The molecule has 2 nitrogen and oxygen atoms in total. The Morgan fingerprint density at radius 1 is 1.38 bits per heavy atom. The van der Waals surface area contributed by atoms with Gasteiger partial charge < -0.3 is 4.98 Å². The number of carbonyl (C=O) groups excluding carboxylic acids is 1. The molecule has 0 amide bonds. The molecule has 2 heteroatoms. The second-order valence-corrected chi connectivity index (χ2v) is 4.33. The van der Waals surface area contributed by atoms with Gasteiger partial charge in [0.2, 0.25) is 0 Å². The summed E-state index contributed by atoms with van der Waals surface area (Å²) in [7, 11) is 0. The third-order valence-electron chi connectivity index (χ3n) is 2.05. The van der Waals surface area contributed by atoms with Gasteiger partial charge in [0.1, 0.15) is 0 Å². The minimum absolute atomic E-state index is 0.173. The average molecular weight is 179 g/mol. The Bertz CT molecular complexity index is 304. The van der Waals surface area contributed by atoms with Crippen LogP contribution in [0.4, 0.5) is 0 Å². The molecule has 0 bridgehead atoms. The van der Waals surface area contributed by atoms with Crippen molar-refractivity contribution in [2.24, 2.45) is 5.41 Å². The van der Waals surface area contributed by atoms with E-state index in [1.807, 2.05) is 32.9 Å². The Labute approximate surface area is 79.4 Å². The summed E-state index contributed by atoms with van der Waals surface area (Å²) in [5.41, 5.74) is 1.55. The number of aryl methyl sites for hydroxylation is 1. The predicted molar refractivity (Wildman–Crippen MR) is 54.0 cm³/mol. The Morgan fingerprint density at radius 3 is 2.38 bits per heavy atom. The maximum atomic E-state index is 11.8. The van der Waals surface area contributed by atoms with Crippen LogP contribution in [-0.4, -0.2) is 10.8 Å². The normalized spacial score (nSPS) is 11.7. The Hall–Kier alpha value is -1.05. The maximum absolute atomic E-state index is 11.8. The minimum atomic E-state index is -0.296. The molecule has 1 N–H and O–H groups in total. The van der Waals surface area contributed by atoms with Crippen molar-refractivity contribution < 1.29 is 4.79 Å². The highest BCUT2D eigenvalue weighted by Gasteiger charge is 2.23. The van der Waals surface area contributed by atoms with Crippen LogP contribution in [0.1, 0.15) is 43.9 Å². The second-order valence-electron chi connectivity index (χ2n) is 4.33. The molecule has 0 fully saturated rings. The molecule has 1 aromatic heterocycles. The van der Waals surface area contributed by atoms with Gasteiger partial charge in [-0.05, 0) is 18.6 Å². The quantitative estimate of drug-likeness (QED) is 0.696. The summed E-state index contributed by atoms with van der Waals surface area (Å²) < 4.78 is 0.